The van der Waals surface area contributed by atoms with E-state index in [1.165, 1.54) is 22.3 Å². The van der Waals surface area contributed by atoms with Crippen molar-refractivity contribution >= 4 is 0 Å². The van der Waals surface area contributed by atoms with Crippen LogP contribution in [0, 0.1) is 20.8 Å². The lowest BCUT2D eigenvalue weighted by atomic mass is 10.0. The zero-order chi connectivity index (χ0) is 11.4. The van der Waals surface area contributed by atoms with Gasteiger partial charge < -0.3 is 5.32 Å². The standard InChI is InChI=1S/C14H21N/c1-6-13(5)15-9-14-8-11(3)10(2)7-12(14)4/h6-8,13,15H,1,9H2,2-5H3. The van der Waals surface area contributed by atoms with Gasteiger partial charge >= 0.3 is 0 Å². The highest BCUT2D eigenvalue weighted by atomic mass is 14.9. The molecule has 82 valence electrons. The number of nitrogens with one attached hydrogen (secondary N) is 1. The summed E-state index contributed by atoms with van der Waals surface area (Å²) in [7, 11) is 0. The number of hydrogen-bond acceptors (Lipinski definition) is 1. The Balaban J connectivity index is 2.77. The van der Waals surface area contributed by atoms with Gasteiger partial charge in [0.05, 0.1) is 0 Å². The first-order valence-electron chi connectivity index (χ1n) is 5.47. The summed E-state index contributed by atoms with van der Waals surface area (Å²) in [4.78, 5) is 0. The Kier molecular flexibility index (Phi) is 4.10. The maximum absolute atomic E-state index is 3.76. The predicted octanol–water partition coefficient (Wildman–Crippen LogP) is 3.28. The first kappa shape index (κ1) is 12.0. The highest BCUT2D eigenvalue weighted by Crippen LogP contribution is 2.15. The molecule has 0 aromatic heterocycles. The van der Waals surface area contributed by atoms with Gasteiger partial charge in [-0.05, 0) is 49.9 Å². The molecule has 0 bridgehead atoms. The molecule has 0 fully saturated rings. The molecule has 1 atom stereocenters. The second-order valence-electron chi connectivity index (χ2n) is 4.27. The van der Waals surface area contributed by atoms with Crippen LogP contribution in [0.3, 0.4) is 0 Å². The van der Waals surface area contributed by atoms with E-state index in [0.717, 1.165) is 6.54 Å². The molecule has 0 saturated heterocycles. The molecule has 1 aromatic rings. The van der Waals surface area contributed by atoms with Gasteiger partial charge in [0.2, 0.25) is 0 Å². The minimum absolute atomic E-state index is 0.367. The summed E-state index contributed by atoms with van der Waals surface area (Å²) in [5, 5.41) is 3.42. The Hall–Kier alpha value is -1.08. The minimum Gasteiger partial charge on any atom is -0.307 e. The first-order valence-corrected chi connectivity index (χ1v) is 5.47. The molecule has 0 heterocycles. The summed E-state index contributed by atoms with van der Waals surface area (Å²) in [6.45, 7) is 13.3. The van der Waals surface area contributed by atoms with Crippen LogP contribution < -0.4 is 5.32 Å². The zero-order valence-corrected chi connectivity index (χ0v) is 10.2. The molecule has 1 unspecified atom stereocenters. The Morgan fingerprint density at radius 3 is 2.40 bits per heavy atom. The van der Waals surface area contributed by atoms with Gasteiger partial charge in [-0.25, -0.2) is 0 Å². The molecule has 1 aromatic carbocycles. The molecule has 0 saturated carbocycles. The molecule has 0 amide bonds. The van der Waals surface area contributed by atoms with Gasteiger partial charge in [0, 0.05) is 12.6 Å². The summed E-state index contributed by atoms with van der Waals surface area (Å²) in [5.74, 6) is 0. The fourth-order valence-corrected chi connectivity index (χ4v) is 1.57. The predicted molar refractivity (Wildman–Crippen MR) is 67.2 cm³/mol. The lowest BCUT2D eigenvalue weighted by Gasteiger charge is -2.13. The highest BCUT2D eigenvalue weighted by Gasteiger charge is 2.02. The number of rotatable bonds is 4. The largest absolute Gasteiger partial charge is 0.307 e. The van der Waals surface area contributed by atoms with E-state index >= 15 is 0 Å². The van der Waals surface area contributed by atoms with Crippen molar-refractivity contribution in [3.8, 4) is 0 Å². The normalized spacial score (nSPS) is 12.5. The van der Waals surface area contributed by atoms with E-state index in [1.54, 1.807) is 0 Å². The average Bonchev–Trinajstić information content (AvgIpc) is 2.21. The Morgan fingerprint density at radius 2 is 1.80 bits per heavy atom. The molecular formula is C14H21N. The van der Waals surface area contributed by atoms with E-state index in [0.29, 0.717) is 6.04 Å². The number of hydrogen-bond donors (Lipinski definition) is 1. The maximum atomic E-state index is 3.76. The molecule has 1 heteroatoms. The van der Waals surface area contributed by atoms with Crippen molar-refractivity contribution in [3.63, 3.8) is 0 Å². The molecule has 15 heavy (non-hydrogen) atoms. The molecular weight excluding hydrogens is 182 g/mol. The zero-order valence-electron chi connectivity index (χ0n) is 10.2. The first-order chi connectivity index (χ1) is 7.04. The van der Waals surface area contributed by atoms with Gasteiger partial charge in [0.25, 0.3) is 0 Å². The summed E-state index contributed by atoms with van der Waals surface area (Å²) >= 11 is 0. The van der Waals surface area contributed by atoms with Crippen LogP contribution in [0.25, 0.3) is 0 Å². The average molecular weight is 203 g/mol. The molecule has 0 aliphatic carbocycles. The topological polar surface area (TPSA) is 12.0 Å². The van der Waals surface area contributed by atoms with Crippen molar-refractivity contribution in [1.29, 1.82) is 0 Å². The van der Waals surface area contributed by atoms with Crippen molar-refractivity contribution in [1.82, 2.24) is 5.32 Å². The van der Waals surface area contributed by atoms with E-state index in [-0.39, 0.29) is 0 Å². The van der Waals surface area contributed by atoms with E-state index in [2.05, 4.69) is 51.7 Å². The van der Waals surface area contributed by atoms with E-state index in [9.17, 15) is 0 Å². The number of benzene rings is 1. The van der Waals surface area contributed by atoms with Gasteiger partial charge in [-0.15, -0.1) is 6.58 Å². The summed E-state index contributed by atoms with van der Waals surface area (Å²) in [6.07, 6.45) is 1.93. The summed E-state index contributed by atoms with van der Waals surface area (Å²) in [6, 6.07) is 4.89. The molecule has 0 spiro atoms. The lowest BCUT2D eigenvalue weighted by molar-refractivity contribution is 0.632. The van der Waals surface area contributed by atoms with Crippen LogP contribution in [-0.4, -0.2) is 6.04 Å². The molecule has 1 nitrogen and oxygen atoms in total. The summed E-state index contributed by atoms with van der Waals surface area (Å²) in [5.41, 5.74) is 5.48. The second kappa shape index (κ2) is 5.13. The van der Waals surface area contributed by atoms with Gasteiger partial charge in [-0.3, -0.25) is 0 Å². The fourth-order valence-electron chi connectivity index (χ4n) is 1.57. The molecule has 1 N–H and O–H groups in total. The fraction of sp³-hybridized carbons (Fsp3) is 0.429. The molecule has 1 rings (SSSR count). The number of aryl methyl sites for hydroxylation is 3. The molecule has 0 radical (unpaired) electrons. The SMILES string of the molecule is C=CC(C)NCc1cc(C)c(C)cc1C. The lowest BCUT2D eigenvalue weighted by Crippen LogP contribution is -2.23. The van der Waals surface area contributed by atoms with Gasteiger partial charge in [0.1, 0.15) is 0 Å². The van der Waals surface area contributed by atoms with Gasteiger partial charge in [-0.2, -0.15) is 0 Å². The second-order valence-corrected chi connectivity index (χ2v) is 4.27. The van der Waals surface area contributed by atoms with Crippen molar-refractivity contribution in [2.75, 3.05) is 0 Å². The third kappa shape index (κ3) is 3.21. The molecule has 0 aliphatic rings. The van der Waals surface area contributed by atoms with Crippen LogP contribution in [0.15, 0.2) is 24.8 Å². The Bertz CT molecular complexity index is 353. The van der Waals surface area contributed by atoms with Gasteiger partial charge in [-0.1, -0.05) is 18.2 Å². The van der Waals surface area contributed by atoms with E-state index < -0.39 is 0 Å². The maximum Gasteiger partial charge on any atom is 0.0222 e. The van der Waals surface area contributed by atoms with Crippen LogP contribution >= 0.6 is 0 Å². The smallest absolute Gasteiger partial charge is 0.0222 e. The van der Waals surface area contributed by atoms with Crippen LogP contribution in [0.2, 0.25) is 0 Å². The quantitative estimate of drug-likeness (QED) is 0.741. The van der Waals surface area contributed by atoms with Gasteiger partial charge in [0.15, 0.2) is 0 Å². The van der Waals surface area contributed by atoms with E-state index in [4.69, 9.17) is 0 Å². The monoisotopic (exact) mass is 203 g/mol. The van der Waals surface area contributed by atoms with E-state index in [1.807, 2.05) is 6.08 Å². The Morgan fingerprint density at radius 1 is 1.20 bits per heavy atom. The van der Waals surface area contributed by atoms with Crippen molar-refractivity contribution in [3.05, 3.63) is 47.0 Å². The van der Waals surface area contributed by atoms with Crippen LogP contribution in [0.1, 0.15) is 29.2 Å². The molecule has 0 aliphatic heterocycles. The minimum atomic E-state index is 0.367. The van der Waals surface area contributed by atoms with Crippen LogP contribution in [0.5, 0.6) is 0 Å². The van der Waals surface area contributed by atoms with Crippen molar-refractivity contribution < 1.29 is 0 Å². The highest BCUT2D eigenvalue weighted by molar-refractivity contribution is 5.36. The van der Waals surface area contributed by atoms with Crippen LogP contribution in [-0.2, 0) is 6.54 Å². The third-order valence-electron chi connectivity index (χ3n) is 2.92. The summed E-state index contributed by atoms with van der Waals surface area (Å²) < 4.78 is 0. The third-order valence-corrected chi connectivity index (χ3v) is 2.92. The van der Waals surface area contributed by atoms with Crippen LogP contribution in [0.4, 0.5) is 0 Å². The van der Waals surface area contributed by atoms with Crippen molar-refractivity contribution in [2.45, 2.75) is 40.3 Å². The Labute approximate surface area is 93.2 Å². The van der Waals surface area contributed by atoms with Crippen molar-refractivity contribution in [2.24, 2.45) is 0 Å².